The zero-order valence-electron chi connectivity index (χ0n) is 2.29. The second-order valence-electron chi connectivity index (χ2n) is 0.422. The highest BCUT2D eigenvalue weighted by Gasteiger charge is 1.89. The molecule has 0 fully saturated rings. The molecule has 0 aliphatic rings. The third-order valence-corrected chi connectivity index (χ3v) is 0.0904. The first-order chi connectivity index (χ1) is 2.27. The molecule has 5 heavy (non-hydrogen) atoms. The Labute approximate surface area is 26.9 Å². The maximum atomic E-state index is 10.3. The van der Waals surface area contributed by atoms with Crippen molar-refractivity contribution in [2.24, 2.45) is 0 Å². The molecule has 1 nitrogen and oxygen atoms in total. The van der Waals surface area contributed by atoms with E-state index in [4.69, 9.17) is 0 Å². The Hall–Kier alpha value is -0.250. The number of alkyl halides is 1. The van der Waals surface area contributed by atoms with Gasteiger partial charge in [0.25, 0.3) is 0 Å². The molecule has 0 N–H and O–H groups in total. The normalized spacial score (nSPS) is 9.60. The molecule has 0 aliphatic carbocycles. The summed E-state index contributed by atoms with van der Waals surface area (Å²) in [6.45, 7) is -1.69. The van der Waals surface area contributed by atoms with E-state index < -0.39 is 12.1 Å². The lowest BCUT2D eigenvalue weighted by molar-refractivity contribution is -0.178. The van der Waals surface area contributed by atoms with Gasteiger partial charge in [-0.2, -0.15) is 0 Å². The lowest BCUT2D eigenvalue weighted by Gasteiger charge is -1.82. The van der Waals surface area contributed by atoms with Crippen molar-refractivity contribution in [3.63, 3.8) is 0 Å². The Bertz CT molecular complexity index is 20.9. The highest BCUT2D eigenvalue weighted by Crippen LogP contribution is 1.84. The van der Waals surface area contributed by atoms with E-state index in [9.17, 15) is 13.4 Å². The zero-order chi connectivity index (χ0) is 4.28. The van der Waals surface area contributed by atoms with E-state index >= 15 is 0 Å². The Morgan fingerprint density at radius 1 is 1.40 bits per heavy atom. The second-order valence-corrected chi connectivity index (χ2v) is 0.422. The number of nitrogens with zero attached hydrogens (tertiary/aromatic N) is 1. The fourth-order valence-corrected chi connectivity index (χ4v) is 0. The minimum atomic E-state index is -1.69. The number of hydrogen-bond acceptors (Lipinski definition) is 1. The Balaban J connectivity index is 2.54. The van der Waals surface area contributed by atoms with Crippen LogP contribution in [-0.4, -0.2) is 12.1 Å². The summed E-state index contributed by atoms with van der Waals surface area (Å²) in [5.74, 6) is 0. The molecule has 0 rings (SSSR count). The third kappa shape index (κ3) is 3.75. The maximum Gasteiger partial charge on any atom is 0.202 e. The van der Waals surface area contributed by atoms with Crippen LogP contribution in [0.15, 0.2) is 0 Å². The van der Waals surface area contributed by atoms with Crippen LogP contribution >= 0.6 is 0 Å². The fourth-order valence-electron chi connectivity index (χ4n) is 0. The fraction of sp³-hybridized carbons (Fsp3) is 1.00. The summed E-state index contributed by atoms with van der Waals surface area (Å²) in [6, 6.07) is 0. The van der Waals surface area contributed by atoms with E-state index in [1.165, 1.54) is 0 Å². The number of halogens is 3. The van der Waals surface area contributed by atoms with Gasteiger partial charge in [-0.3, -0.25) is 0 Å². The molecule has 0 aromatic rings. The first-order valence-electron chi connectivity index (χ1n) is 0.922. The highest BCUT2D eigenvalue weighted by atomic mass is 19.4. The van der Waals surface area contributed by atoms with Crippen molar-refractivity contribution in [2.75, 3.05) is 6.80 Å². The van der Waals surface area contributed by atoms with Gasteiger partial charge in [0.2, 0.25) is 6.80 Å². The summed E-state index contributed by atoms with van der Waals surface area (Å²) < 4.78 is 30.7. The molecule has 0 bridgehead atoms. The summed E-state index contributed by atoms with van der Waals surface area (Å²) in [7, 11) is 0. The van der Waals surface area contributed by atoms with Gasteiger partial charge in [-0.05, 0) is 0 Å². The monoisotopic (exact) mass is 85.0 g/mol. The van der Waals surface area contributed by atoms with E-state index in [-0.39, 0.29) is 0 Å². The Kier molecular flexibility index (Phi) is 1.92. The average Bonchev–Trinajstić information content (AvgIpc) is 1.38. The van der Waals surface area contributed by atoms with Crippen molar-refractivity contribution in [1.29, 1.82) is 0 Å². The lowest BCUT2D eigenvalue weighted by Crippen LogP contribution is -1.93. The predicted molar refractivity (Wildman–Crippen MR) is 10.0 cm³/mol. The van der Waals surface area contributed by atoms with Crippen molar-refractivity contribution >= 4 is 0 Å². The molecule has 0 atom stereocenters. The summed E-state index contributed by atoms with van der Waals surface area (Å²) in [5.41, 5.74) is 0. The highest BCUT2D eigenvalue weighted by molar-refractivity contribution is 3.88. The van der Waals surface area contributed by atoms with Gasteiger partial charge < -0.3 is 0 Å². The van der Waals surface area contributed by atoms with Crippen LogP contribution in [0.25, 0.3) is 0 Å². The molecular weight excluding hydrogens is 83.0 g/mol. The molecule has 0 saturated carbocycles. The predicted octanol–water partition coefficient (Wildman–Crippen LogP) is 0.984. The molecule has 0 aliphatic heterocycles. The standard InChI is InChI=1S/CH2F3N/c2-1-5(3)4/h1H2. The minimum absolute atomic E-state index is 1.54. The van der Waals surface area contributed by atoms with E-state index in [2.05, 4.69) is 0 Å². The van der Waals surface area contributed by atoms with Crippen molar-refractivity contribution in [2.45, 2.75) is 0 Å². The van der Waals surface area contributed by atoms with Crippen molar-refractivity contribution in [3.8, 4) is 0 Å². The van der Waals surface area contributed by atoms with Gasteiger partial charge in [0.1, 0.15) is 0 Å². The molecule has 0 saturated heterocycles. The summed E-state index contributed by atoms with van der Waals surface area (Å²) in [4.78, 5) is 0. The molecular formula is CH2F3N. The third-order valence-electron chi connectivity index (χ3n) is 0.0904. The smallest absolute Gasteiger partial charge is 0.202 e. The average molecular weight is 85.0 g/mol. The van der Waals surface area contributed by atoms with Gasteiger partial charge in [-0.25, -0.2) is 4.39 Å². The van der Waals surface area contributed by atoms with Crippen LogP contribution in [0.4, 0.5) is 13.4 Å². The molecule has 0 radical (unpaired) electrons. The Morgan fingerprint density at radius 3 is 1.60 bits per heavy atom. The molecule has 0 aromatic heterocycles. The van der Waals surface area contributed by atoms with Crippen LogP contribution < -0.4 is 0 Å². The number of rotatable bonds is 1. The summed E-state index contributed by atoms with van der Waals surface area (Å²) in [6.07, 6.45) is 0. The van der Waals surface area contributed by atoms with E-state index in [1.807, 2.05) is 0 Å². The van der Waals surface area contributed by atoms with Crippen LogP contribution in [0.3, 0.4) is 0 Å². The molecule has 0 amide bonds. The van der Waals surface area contributed by atoms with Crippen LogP contribution in [0.1, 0.15) is 0 Å². The van der Waals surface area contributed by atoms with Gasteiger partial charge in [-0.15, -0.1) is 0 Å². The zero-order valence-corrected chi connectivity index (χ0v) is 2.29. The first kappa shape index (κ1) is 4.75. The summed E-state index contributed by atoms with van der Waals surface area (Å²) >= 11 is 0. The second kappa shape index (κ2) is 2.02. The molecule has 4 heteroatoms. The van der Waals surface area contributed by atoms with Crippen LogP contribution in [0.2, 0.25) is 0 Å². The van der Waals surface area contributed by atoms with Gasteiger partial charge in [0, 0.05) is 0 Å². The molecule has 32 valence electrons. The van der Waals surface area contributed by atoms with Crippen molar-refractivity contribution < 1.29 is 13.4 Å². The molecule has 0 unspecified atom stereocenters. The quantitative estimate of drug-likeness (QED) is 0.339. The van der Waals surface area contributed by atoms with Crippen LogP contribution in [-0.2, 0) is 0 Å². The molecule has 0 aromatic carbocycles. The van der Waals surface area contributed by atoms with E-state index in [1.54, 1.807) is 0 Å². The van der Waals surface area contributed by atoms with Crippen LogP contribution in [0, 0.1) is 0 Å². The molecule has 0 heterocycles. The largest absolute Gasteiger partial charge is 0.228 e. The van der Waals surface area contributed by atoms with Crippen molar-refractivity contribution in [1.82, 2.24) is 5.34 Å². The number of hydrogen-bond donors (Lipinski definition) is 0. The first-order valence-corrected chi connectivity index (χ1v) is 0.922. The Morgan fingerprint density at radius 2 is 1.60 bits per heavy atom. The summed E-state index contributed by atoms with van der Waals surface area (Å²) in [5, 5.41) is -1.54. The van der Waals surface area contributed by atoms with Gasteiger partial charge in [-0.1, -0.05) is 8.96 Å². The van der Waals surface area contributed by atoms with Gasteiger partial charge >= 0.3 is 0 Å². The van der Waals surface area contributed by atoms with Gasteiger partial charge in [0.05, 0.1) is 5.34 Å². The van der Waals surface area contributed by atoms with Crippen LogP contribution in [0.5, 0.6) is 0 Å². The SMILES string of the molecule is FCN(F)F. The topological polar surface area (TPSA) is 3.24 Å². The van der Waals surface area contributed by atoms with E-state index in [0.717, 1.165) is 0 Å². The van der Waals surface area contributed by atoms with Gasteiger partial charge in [0.15, 0.2) is 0 Å². The molecule has 0 spiro atoms. The lowest BCUT2D eigenvalue weighted by atomic mass is 11.4. The van der Waals surface area contributed by atoms with Crippen molar-refractivity contribution in [3.05, 3.63) is 0 Å². The maximum absolute atomic E-state index is 10.3. The minimum Gasteiger partial charge on any atom is -0.228 e. The van der Waals surface area contributed by atoms with E-state index in [0.29, 0.717) is 0 Å².